The number of primary amides is 1. The highest BCUT2D eigenvalue weighted by molar-refractivity contribution is 5.79. The summed E-state index contributed by atoms with van der Waals surface area (Å²) in [6.45, 7) is 0.550. The zero-order valence-electron chi connectivity index (χ0n) is 6.39. The Bertz CT molecular complexity index is 106. The molecule has 0 aliphatic heterocycles. The number of rotatable bonds is 5. The molecule has 4 heteroatoms. The number of hydrogen-bond acceptors (Lipinski definition) is 3. The highest BCUT2D eigenvalue weighted by Crippen LogP contribution is 1.89. The predicted octanol–water partition coefficient (Wildman–Crippen LogP) is -0.904. The van der Waals surface area contributed by atoms with Crippen LogP contribution < -0.4 is 11.1 Å². The summed E-state index contributed by atoms with van der Waals surface area (Å²) in [7, 11) is 3.29. The van der Waals surface area contributed by atoms with E-state index in [-0.39, 0.29) is 11.9 Å². The summed E-state index contributed by atoms with van der Waals surface area (Å²) in [5, 5.41) is 2.78. The van der Waals surface area contributed by atoms with Gasteiger partial charge in [0.2, 0.25) is 5.91 Å². The van der Waals surface area contributed by atoms with Gasteiger partial charge in [0.1, 0.15) is 0 Å². The molecule has 0 saturated carbocycles. The van der Waals surface area contributed by atoms with Gasteiger partial charge in [0, 0.05) is 13.7 Å². The zero-order valence-corrected chi connectivity index (χ0v) is 6.39. The molecule has 0 saturated heterocycles. The van der Waals surface area contributed by atoms with Crippen LogP contribution in [0.4, 0.5) is 0 Å². The Balaban J connectivity index is 3.50. The summed E-state index contributed by atoms with van der Waals surface area (Å²) < 4.78 is 4.78. The van der Waals surface area contributed by atoms with Crippen LogP contribution in [0.15, 0.2) is 0 Å². The third kappa shape index (κ3) is 3.42. The molecule has 10 heavy (non-hydrogen) atoms. The minimum absolute atomic E-state index is 0.264. The van der Waals surface area contributed by atoms with Gasteiger partial charge in [0.15, 0.2) is 0 Å². The van der Waals surface area contributed by atoms with Crippen LogP contribution in [-0.4, -0.2) is 32.7 Å². The van der Waals surface area contributed by atoms with Gasteiger partial charge < -0.3 is 15.8 Å². The first-order valence-corrected chi connectivity index (χ1v) is 3.18. The Kier molecular flexibility index (Phi) is 4.88. The second-order valence-corrected chi connectivity index (χ2v) is 2.03. The third-order valence-electron chi connectivity index (χ3n) is 1.30. The van der Waals surface area contributed by atoms with Gasteiger partial charge in [0.05, 0.1) is 6.04 Å². The molecule has 1 atom stereocenters. The second kappa shape index (κ2) is 5.20. The Hall–Kier alpha value is -0.610. The van der Waals surface area contributed by atoms with Crippen LogP contribution in [-0.2, 0) is 9.53 Å². The lowest BCUT2D eigenvalue weighted by Crippen LogP contribution is -2.39. The summed E-state index contributed by atoms with van der Waals surface area (Å²) >= 11 is 0. The van der Waals surface area contributed by atoms with Gasteiger partial charge in [-0.25, -0.2) is 0 Å². The van der Waals surface area contributed by atoms with Crippen molar-refractivity contribution in [1.29, 1.82) is 0 Å². The maximum atomic E-state index is 10.5. The summed E-state index contributed by atoms with van der Waals surface area (Å²) in [4.78, 5) is 10.5. The quantitative estimate of drug-likeness (QED) is 0.528. The van der Waals surface area contributed by atoms with Crippen molar-refractivity contribution in [2.24, 2.45) is 5.73 Å². The number of nitrogens with one attached hydrogen (secondary N) is 1. The number of carbonyl (C=O) groups excluding carboxylic acids is 1. The molecular weight excluding hydrogens is 132 g/mol. The lowest BCUT2D eigenvalue weighted by atomic mass is 10.2. The Labute approximate surface area is 60.7 Å². The SMILES string of the molecule is CNC(CCOC)C(N)=O. The van der Waals surface area contributed by atoms with Crippen molar-refractivity contribution in [2.45, 2.75) is 12.5 Å². The largest absolute Gasteiger partial charge is 0.385 e. The van der Waals surface area contributed by atoms with Crippen LogP contribution in [0.2, 0.25) is 0 Å². The minimum Gasteiger partial charge on any atom is -0.385 e. The van der Waals surface area contributed by atoms with Gasteiger partial charge >= 0.3 is 0 Å². The molecule has 0 rings (SSSR count). The number of nitrogens with two attached hydrogens (primary N) is 1. The molecule has 0 aromatic carbocycles. The summed E-state index contributed by atoms with van der Waals surface area (Å²) in [6, 6.07) is -0.264. The first-order chi connectivity index (χ1) is 4.72. The minimum atomic E-state index is -0.334. The monoisotopic (exact) mass is 146 g/mol. The number of carbonyl (C=O) groups is 1. The van der Waals surface area contributed by atoms with Crippen molar-refractivity contribution < 1.29 is 9.53 Å². The van der Waals surface area contributed by atoms with Crippen LogP contribution >= 0.6 is 0 Å². The van der Waals surface area contributed by atoms with E-state index in [9.17, 15) is 4.79 Å². The van der Waals surface area contributed by atoms with E-state index in [2.05, 4.69) is 5.32 Å². The Morgan fingerprint density at radius 2 is 2.40 bits per heavy atom. The van der Waals surface area contributed by atoms with Gasteiger partial charge in [0.25, 0.3) is 0 Å². The molecule has 0 aromatic rings. The molecule has 4 nitrogen and oxygen atoms in total. The molecule has 0 bridgehead atoms. The van der Waals surface area contributed by atoms with Crippen molar-refractivity contribution in [1.82, 2.24) is 5.32 Å². The van der Waals surface area contributed by atoms with Crippen molar-refractivity contribution in [2.75, 3.05) is 20.8 Å². The number of likely N-dealkylation sites (N-methyl/N-ethyl adjacent to an activating group) is 1. The fourth-order valence-electron chi connectivity index (χ4n) is 0.665. The lowest BCUT2D eigenvalue weighted by molar-refractivity contribution is -0.120. The van der Waals surface area contributed by atoms with E-state index in [0.717, 1.165) is 0 Å². The van der Waals surface area contributed by atoms with Crippen LogP contribution in [0.25, 0.3) is 0 Å². The number of ether oxygens (including phenoxy) is 1. The standard InChI is InChI=1S/C6H14N2O2/c1-8-5(6(7)9)3-4-10-2/h5,8H,3-4H2,1-2H3,(H2,7,9). The van der Waals surface area contributed by atoms with E-state index in [0.29, 0.717) is 13.0 Å². The molecule has 0 spiro atoms. The molecule has 0 radical (unpaired) electrons. The predicted molar refractivity (Wildman–Crippen MR) is 38.5 cm³/mol. The molecule has 3 N–H and O–H groups in total. The van der Waals surface area contributed by atoms with Crippen molar-refractivity contribution in [3.8, 4) is 0 Å². The number of hydrogen-bond donors (Lipinski definition) is 2. The summed E-state index contributed by atoms with van der Waals surface area (Å²) in [5.74, 6) is -0.334. The van der Waals surface area contributed by atoms with Gasteiger partial charge in [-0.15, -0.1) is 0 Å². The number of methoxy groups -OCH3 is 1. The van der Waals surface area contributed by atoms with Crippen molar-refractivity contribution in [3.05, 3.63) is 0 Å². The Morgan fingerprint density at radius 3 is 2.70 bits per heavy atom. The van der Waals surface area contributed by atoms with Gasteiger partial charge in [-0.1, -0.05) is 0 Å². The molecule has 0 aromatic heterocycles. The van der Waals surface area contributed by atoms with Crippen LogP contribution in [0.5, 0.6) is 0 Å². The molecular formula is C6H14N2O2. The topological polar surface area (TPSA) is 64.3 Å². The highest BCUT2D eigenvalue weighted by Gasteiger charge is 2.10. The molecule has 0 fully saturated rings. The van der Waals surface area contributed by atoms with E-state index in [4.69, 9.17) is 10.5 Å². The maximum Gasteiger partial charge on any atom is 0.234 e. The highest BCUT2D eigenvalue weighted by atomic mass is 16.5. The fourth-order valence-corrected chi connectivity index (χ4v) is 0.665. The Morgan fingerprint density at radius 1 is 1.80 bits per heavy atom. The van der Waals surface area contributed by atoms with E-state index in [1.807, 2.05) is 0 Å². The average Bonchev–Trinajstić information content (AvgIpc) is 1.89. The molecule has 0 heterocycles. The van der Waals surface area contributed by atoms with Gasteiger partial charge in [-0.05, 0) is 13.5 Å². The van der Waals surface area contributed by atoms with Crippen LogP contribution in [0, 0.1) is 0 Å². The second-order valence-electron chi connectivity index (χ2n) is 2.03. The summed E-state index contributed by atoms with van der Waals surface area (Å²) in [5.41, 5.74) is 5.03. The number of amides is 1. The molecule has 0 aliphatic rings. The van der Waals surface area contributed by atoms with E-state index < -0.39 is 0 Å². The average molecular weight is 146 g/mol. The molecule has 1 unspecified atom stereocenters. The normalized spacial score (nSPS) is 13.0. The smallest absolute Gasteiger partial charge is 0.234 e. The maximum absolute atomic E-state index is 10.5. The van der Waals surface area contributed by atoms with E-state index in [1.54, 1.807) is 14.2 Å². The first-order valence-electron chi connectivity index (χ1n) is 3.18. The fraction of sp³-hybridized carbons (Fsp3) is 0.833. The van der Waals surface area contributed by atoms with Crippen LogP contribution in [0.3, 0.4) is 0 Å². The van der Waals surface area contributed by atoms with Crippen molar-refractivity contribution >= 4 is 5.91 Å². The van der Waals surface area contributed by atoms with E-state index in [1.165, 1.54) is 0 Å². The van der Waals surface area contributed by atoms with E-state index >= 15 is 0 Å². The van der Waals surface area contributed by atoms with Gasteiger partial charge in [-0.2, -0.15) is 0 Å². The summed E-state index contributed by atoms with van der Waals surface area (Å²) in [6.07, 6.45) is 0.627. The lowest BCUT2D eigenvalue weighted by Gasteiger charge is -2.10. The van der Waals surface area contributed by atoms with Crippen molar-refractivity contribution in [3.63, 3.8) is 0 Å². The van der Waals surface area contributed by atoms with Gasteiger partial charge in [-0.3, -0.25) is 4.79 Å². The first kappa shape index (κ1) is 9.39. The third-order valence-corrected chi connectivity index (χ3v) is 1.30. The molecule has 0 aliphatic carbocycles. The zero-order chi connectivity index (χ0) is 7.98. The molecule has 1 amide bonds. The molecule has 60 valence electrons. The van der Waals surface area contributed by atoms with Crippen LogP contribution in [0.1, 0.15) is 6.42 Å².